The number of ketones is 1. The van der Waals surface area contributed by atoms with E-state index in [2.05, 4.69) is 15.9 Å². The van der Waals surface area contributed by atoms with E-state index in [4.69, 9.17) is 9.15 Å². The molecule has 0 saturated heterocycles. The molecule has 1 aromatic carbocycles. The van der Waals surface area contributed by atoms with Crippen LogP contribution >= 0.6 is 15.9 Å². The third-order valence-electron chi connectivity index (χ3n) is 2.42. The Labute approximate surface area is 108 Å². The number of ether oxygens (including phenoxy) is 1. The first-order valence-corrected chi connectivity index (χ1v) is 5.88. The van der Waals surface area contributed by atoms with Gasteiger partial charge in [0.15, 0.2) is 5.78 Å². The molecule has 0 aliphatic carbocycles. The van der Waals surface area contributed by atoms with Crippen LogP contribution in [0, 0.1) is 0 Å². The van der Waals surface area contributed by atoms with Crippen molar-refractivity contribution in [2.24, 2.45) is 0 Å². The van der Waals surface area contributed by atoms with E-state index in [0.717, 1.165) is 15.8 Å². The number of Topliss-reactive ketones (excluding diaryl/α,β-unsaturated/α-hetero) is 1. The van der Waals surface area contributed by atoms with Crippen molar-refractivity contribution in [3.8, 4) is 5.75 Å². The molecule has 3 nitrogen and oxygen atoms in total. The highest BCUT2D eigenvalue weighted by molar-refractivity contribution is 9.10. The van der Waals surface area contributed by atoms with E-state index < -0.39 is 0 Å². The molecule has 88 valence electrons. The fourth-order valence-electron chi connectivity index (χ4n) is 1.53. The van der Waals surface area contributed by atoms with Gasteiger partial charge in [0.25, 0.3) is 0 Å². The molecule has 1 aromatic heterocycles. The molecule has 0 aliphatic heterocycles. The average molecular weight is 295 g/mol. The molecule has 0 aliphatic rings. The molecule has 0 spiro atoms. The Balaban J connectivity index is 2.14. The predicted octanol–water partition coefficient (Wildman–Crippen LogP) is 3.48. The fourth-order valence-corrected chi connectivity index (χ4v) is 2.12. The number of rotatable bonds is 4. The van der Waals surface area contributed by atoms with Gasteiger partial charge in [-0.3, -0.25) is 4.79 Å². The van der Waals surface area contributed by atoms with Gasteiger partial charge in [0.05, 0.1) is 23.4 Å². The van der Waals surface area contributed by atoms with Crippen LogP contribution < -0.4 is 4.74 Å². The van der Waals surface area contributed by atoms with Gasteiger partial charge in [0, 0.05) is 6.42 Å². The van der Waals surface area contributed by atoms with Gasteiger partial charge in [-0.1, -0.05) is 6.07 Å². The molecular formula is C13H11BrO3. The number of hydrogen-bond donors (Lipinski definition) is 0. The van der Waals surface area contributed by atoms with Crippen molar-refractivity contribution in [1.29, 1.82) is 0 Å². The van der Waals surface area contributed by atoms with E-state index in [1.54, 1.807) is 13.2 Å². The van der Waals surface area contributed by atoms with E-state index in [1.165, 1.54) is 12.5 Å². The molecule has 2 rings (SSSR count). The Hall–Kier alpha value is -1.55. The first kappa shape index (κ1) is 11.9. The highest BCUT2D eigenvalue weighted by atomic mass is 79.9. The molecular weight excluding hydrogens is 284 g/mol. The number of methoxy groups -OCH3 is 1. The second kappa shape index (κ2) is 5.19. The third-order valence-corrected chi connectivity index (χ3v) is 3.04. The van der Waals surface area contributed by atoms with Crippen LogP contribution in [0.25, 0.3) is 0 Å². The molecule has 0 amide bonds. The third kappa shape index (κ3) is 2.77. The first-order chi connectivity index (χ1) is 8.20. The Bertz CT molecular complexity index is 517. The zero-order valence-electron chi connectivity index (χ0n) is 9.27. The van der Waals surface area contributed by atoms with Gasteiger partial charge in [0.2, 0.25) is 0 Å². The lowest BCUT2D eigenvalue weighted by Gasteiger charge is -2.05. The highest BCUT2D eigenvalue weighted by Gasteiger charge is 2.09. The van der Waals surface area contributed by atoms with Crippen LogP contribution in [0.3, 0.4) is 0 Å². The number of benzene rings is 1. The Morgan fingerprint density at radius 1 is 1.41 bits per heavy atom. The normalized spacial score (nSPS) is 10.2. The van der Waals surface area contributed by atoms with Gasteiger partial charge < -0.3 is 9.15 Å². The molecule has 0 N–H and O–H groups in total. The van der Waals surface area contributed by atoms with Crippen molar-refractivity contribution in [2.45, 2.75) is 6.42 Å². The summed E-state index contributed by atoms with van der Waals surface area (Å²) in [5, 5.41) is 0. The lowest BCUT2D eigenvalue weighted by Crippen LogP contribution is -2.02. The number of carbonyl (C=O) groups excluding carboxylic acids is 1. The van der Waals surface area contributed by atoms with Gasteiger partial charge >= 0.3 is 0 Å². The first-order valence-electron chi connectivity index (χ1n) is 5.08. The van der Waals surface area contributed by atoms with Crippen molar-refractivity contribution >= 4 is 21.7 Å². The van der Waals surface area contributed by atoms with Crippen LogP contribution in [0.15, 0.2) is 45.7 Å². The van der Waals surface area contributed by atoms with Crippen molar-refractivity contribution in [1.82, 2.24) is 0 Å². The van der Waals surface area contributed by atoms with Gasteiger partial charge in [-0.05, 0) is 39.7 Å². The molecule has 1 heterocycles. The molecule has 0 atom stereocenters. The van der Waals surface area contributed by atoms with Gasteiger partial charge in [0.1, 0.15) is 12.0 Å². The maximum Gasteiger partial charge on any atom is 0.170 e. The van der Waals surface area contributed by atoms with Crippen LogP contribution in [0.2, 0.25) is 0 Å². The summed E-state index contributed by atoms with van der Waals surface area (Å²) in [6.07, 6.45) is 3.31. The summed E-state index contributed by atoms with van der Waals surface area (Å²) in [6, 6.07) is 7.27. The molecule has 0 fully saturated rings. The molecule has 2 aromatic rings. The summed E-state index contributed by atoms with van der Waals surface area (Å²) in [6.45, 7) is 0. The molecule has 0 radical (unpaired) electrons. The smallest absolute Gasteiger partial charge is 0.170 e. The van der Waals surface area contributed by atoms with Crippen molar-refractivity contribution < 1.29 is 13.9 Å². The number of halogens is 1. The second-order valence-corrected chi connectivity index (χ2v) is 4.44. The average Bonchev–Trinajstić information content (AvgIpc) is 2.82. The zero-order valence-corrected chi connectivity index (χ0v) is 10.9. The Kier molecular flexibility index (Phi) is 3.64. The van der Waals surface area contributed by atoms with Gasteiger partial charge in [-0.15, -0.1) is 0 Å². The summed E-state index contributed by atoms with van der Waals surface area (Å²) >= 11 is 3.39. The molecule has 17 heavy (non-hydrogen) atoms. The largest absolute Gasteiger partial charge is 0.496 e. The highest BCUT2D eigenvalue weighted by Crippen LogP contribution is 2.26. The lowest BCUT2D eigenvalue weighted by atomic mass is 10.1. The Morgan fingerprint density at radius 3 is 2.82 bits per heavy atom. The minimum atomic E-state index is 0.0378. The van der Waals surface area contributed by atoms with Crippen LogP contribution in [-0.4, -0.2) is 12.9 Å². The molecule has 0 unspecified atom stereocenters. The van der Waals surface area contributed by atoms with Crippen molar-refractivity contribution in [2.75, 3.05) is 7.11 Å². The maximum atomic E-state index is 11.8. The van der Waals surface area contributed by atoms with E-state index in [0.29, 0.717) is 12.0 Å². The van der Waals surface area contributed by atoms with E-state index in [9.17, 15) is 4.79 Å². The van der Waals surface area contributed by atoms with Crippen LogP contribution in [-0.2, 0) is 6.42 Å². The molecule has 0 bridgehead atoms. The number of hydrogen-bond acceptors (Lipinski definition) is 3. The standard InChI is InChI=1S/C13H11BrO3/c1-16-13-3-2-9(6-11(13)14)7-12(15)10-4-5-17-8-10/h2-6,8H,7H2,1H3. The summed E-state index contributed by atoms with van der Waals surface area (Å²) in [7, 11) is 1.61. The Morgan fingerprint density at radius 2 is 2.24 bits per heavy atom. The van der Waals surface area contributed by atoms with Crippen LogP contribution in [0.5, 0.6) is 5.75 Å². The topological polar surface area (TPSA) is 39.4 Å². The summed E-state index contributed by atoms with van der Waals surface area (Å²) in [5.41, 5.74) is 1.53. The minimum Gasteiger partial charge on any atom is -0.496 e. The lowest BCUT2D eigenvalue weighted by molar-refractivity contribution is 0.0992. The van der Waals surface area contributed by atoms with Crippen molar-refractivity contribution in [3.63, 3.8) is 0 Å². The minimum absolute atomic E-state index is 0.0378. The van der Waals surface area contributed by atoms with E-state index in [-0.39, 0.29) is 5.78 Å². The zero-order chi connectivity index (χ0) is 12.3. The monoisotopic (exact) mass is 294 g/mol. The number of carbonyl (C=O) groups is 1. The summed E-state index contributed by atoms with van der Waals surface area (Å²) in [5.74, 6) is 0.792. The second-order valence-electron chi connectivity index (χ2n) is 3.58. The van der Waals surface area contributed by atoms with E-state index >= 15 is 0 Å². The molecule has 0 saturated carbocycles. The van der Waals surface area contributed by atoms with E-state index in [1.807, 2.05) is 18.2 Å². The number of furan rings is 1. The van der Waals surface area contributed by atoms with Crippen LogP contribution in [0.1, 0.15) is 15.9 Å². The summed E-state index contributed by atoms with van der Waals surface area (Å²) < 4.78 is 10.9. The fraction of sp³-hybridized carbons (Fsp3) is 0.154. The quantitative estimate of drug-likeness (QED) is 0.811. The van der Waals surface area contributed by atoms with Crippen molar-refractivity contribution in [3.05, 3.63) is 52.4 Å². The molecule has 4 heteroatoms. The predicted molar refractivity (Wildman–Crippen MR) is 67.4 cm³/mol. The maximum absolute atomic E-state index is 11.8. The SMILES string of the molecule is COc1ccc(CC(=O)c2ccoc2)cc1Br. The summed E-state index contributed by atoms with van der Waals surface area (Å²) in [4.78, 5) is 11.8. The van der Waals surface area contributed by atoms with Gasteiger partial charge in [-0.25, -0.2) is 0 Å². The van der Waals surface area contributed by atoms with Crippen LogP contribution in [0.4, 0.5) is 0 Å². The van der Waals surface area contributed by atoms with Gasteiger partial charge in [-0.2, -0.15) is 0 Å².